The SMILES string of the molecule is CCNC(=NCCCOCC1CCOC1)NCCc1c[nH]c2cccc(C)c12. The van der Waals surface area contributed by atoms with Gasteiger partial charge in [0, 0.05) is 55.9 Å². The van der Waals surface area contributed by atoms with Gasteiger partial charge in [-0.2, -0.15) is 0 Å². The molecule has 3 rings (SSSR count). The Balaban J connectivity index is 1.39. The van der Waals surface area contributed by atoms with E-state index in [1.165, 1.54) is 22.0 Å². The van der Waals surface area contributed by atoms with Crippen molar-refractivity contribution in [2.45, 2.75) is 33.1 Å². The third-order valence-corrected chi connectivity index (χ3v) is 5.12. The first-order chi connectivity index (χ1) is 13.8. The van der Waals surface area contributed by atoms with Gasteiger partial charge in [0.25, 0.3) is 0 Å². The number of nitrogens with zero attached hydrogens (tertiary/aromatic N) is 1. The zero-order valence-corrected chi connectivity index (χ0v) is 17.2. The minimum absolute atomic E-state index is 0.579. The van der Waals surface area contributed by atoms with Gasteiger partial charge in [0.15, 0.2) is 5.96 Å². The zero-order chi connectivity index (χ0) is 19.6. The second-order valence-corrected chi connectivity index (χ2v) is 7.41. The summed E-state index contributed by atoms with van der Waals surface area (Å²) in [5, 5.41) is 8.11. The van der Waals surface area contributed by atoms with Crippen molar-refractivity contribution in [1.29, 1.82) is 0 Å². The third kappa shape index (κ3) is 5.97. The smallest absolute Gasteiger partial charge is 0.191 e. The van der Waals surface area contributed by atoms with Crippen LogP contribution in [0.5, 0.6) is 0 Å². The van der Waals surface area contributed by atoms with Gasteiger partial charge in [0.2, 0.25) is 0 Å². The van der Waals surface area contributed by atoms with Crippen molar-refractivity contribution in [2.75, 3.05) is 46.1 Å². The average molecular weight is 387 g/mol. The molecule has 2 aromatic rings. The van der Waals surface area contributed by atoms with Crippen LogP contribution in [0.1, 0.15) is 30.9 Å². The van der Waals surface area contributed by atoms with Gasteiger partial charge in [0.1, 0.15) is 0 Å². The molecular weight excluding hydrogens is 352 g/mol. The van der Waals surface area contributed by atoms with Crippen molar-refractivity contribution >= 4 is 16.9 Å². The van der Waals surface area contributed by atoms with Crippen molar-refractivity contribution in [3.8, 4) is 0 Å². The number of hydrogen-bond acceptors (Lipinski definition) is 3. The van der Waals surface area contributed by atoms with Crippen LogP contribution in [0.25, 0.3) is 10.9 Å². The highest BCUT2D eigenvalue weighted by atomic mass is 16.5. The number of benzene rings is 1. The number of aliphatic imine (C=N–C) groups is 1. The molecule has 0 amide bonds. The van der Waals surface area contributed by atoms with E-state index >= 15 is 0 Å². The highest BCUT2D eigenvalue weighted by molar-refractivity contribution is 5.86. The molecule has 1 aliphatic rings. The summed E-state index contributed by atoms with van der Waals surface area (Å²) in [6.45, 7) is 10.0. The number of hydrogen-bond donors (Lipinski definition) is 3. The molecule has 1 saturated heterocycles. The van der Waals surface area contributed by atoms with Gasteiger partial charge in [-0.1, -0.05) is 12.1 Å². The summed E-state index contributed by atoms with van der Waals surface area (Å²) in [5.41, 5.74) is 3.87. The minimum Gasteiger partial charge on any atom is -0.381 e. The summed E-state index contributed by atoms with van der Waals surface area (Å²) in [6, 6.07) is 6.39. The molecule has 154 valence electrons. The molecule has 0 aliphatic carbocycles. The quantitative estimate of drug-likeness (QED) is 0.333. The van der Waals surface area contributed by atoms with Crippen LogP contribution in [0.15, 0.2) is 29.4 Å². The van der Waals surface area contributed by atoms with E-state index in [2.05, 4.69) is 58.9 Å². The Kier molecular flexibility index (Phi) is 8.18. The van der Waals surface area contributed by atoms with E-state index in [0.717, 1.165) is 71.3 Å². The number of fused-ring (bicyclic) bond motifs is 1. The standard InChI is InChI=1S/C22H34N4O2/c1-3-23-22(24-10-5-12-27-15-18-9-13-28-16-18)25-11-8-19-14-26-20-7-4-6-17(2)21(19)20/h4,6-7,14,18,26H,3,5,8-13,15-16H2,1-2H3,(H2,23,24,25). The maximum atomic E-state index is 5.75. The molecule has 1 aromatic carbocycles. The van der Waals surface area contributed by atoms with Crippen LogP contribution in [-0.2, 0) is 15.9 Å². The third-order valence-electron chi connectivity index (χ3n) is 5.12. The number of ether oxygens (including phenoxy) is 2. The molecule has 28 heavy (non-hydrogen) atoms. The summed E-state index contributed by atoms with van der Waals surface area (Å²) in [5.74, 6) is 1.46. The molecule has 6 nitrogen and oxygen atoms in total. The Hall–Kier alpha value is -2.05. The van der Waals surface area contributed by atoms with Crippen molar-refractivity contribution in [3.05, 3.63) is 35.5 Å². The van der Waals surface area contributed by atoms with Crippen LogP contribution in [0.2, 0.25) is 0 Å². The van der Waals surface area contributed by atoms with Gasteiger partial charge in [-0.05, 0) is 50.3 Å². The van der Waals surface area contributed by atoms with Crippen LogP contribution >= 0.6 is 0 Å². The van der Waals surface area contributed by atoms with E-state index in [-0.39, 0.29) is 0 Å². The topological polar surface area (TPSA) is 70.7 Å². The highest BCUT2D eigenvalue weighted by Crippen LogP contribution is 2.22. The Morgan fingerprint density at radius 2 is 2.29 bits per heavy atom. The lowest BCUT2D eigenvalue weighted by Gasteiger charge is -2.12. The number of nitrogens with one attached hydrogen (secondary N) is 3. The summed E-state index contributed by atoms with van der Waals surface area (Å²) in [4.78, 5) is 8.03. The number of guanidine groups is 1. The lowest BCUT2D eigenvalue weighted by molar-refractivity contribution is 0.0893. The Labute approximate surface area is 168 Å². The summed E-state index contributed by atoms with van der Waals surface area (Å²) in [7, 11) is 0. The lowest BCUT2D eigenvalue weighted by atomic mass is 10.1. The number of H-pyrrole nitrogens is 1. The first-order valence-corrected chi connectivity index (χ1v) is 10.5. The first-order valence-electron chi connectivity index (χ1n) is 10.5. The monoisotopic (exact) mass is 386 g/mol. The fraction of sp³-hybridized carbons (Fsp3) is 0.591. The van der Waals surface area contributed by atoms with Crippen LogP contribution in [0, 0.1) is 12.8 Å². The fourth-order valence-electron chi connectivity index (χ4n) is 3.63. The molecule has 0 saturated carbocycles. The van der Waals surface area contributed by atoms with E-state index in [4.69, 9.17) is 9.47 Å². The van der Waals surface area contributed by atoms with Crippen molar-refractivity contribution in [2.24, 2.45) is 10.9 Å². The van der Waals surface area contributed by atoms with E-state index in [9.17, 15) is 0 Å². The van der Waals surface area contributed by atoms with Gasteiger partial charge in [-0.3, -0.25) is 4.99 Å². The van der Waals surface area contributed by atoms with E-state index in [1.54, 1.807) is 0 Å². The van der Waals surface area contributed by atoms with Gasteiger partial charge >= 0.3 is 0 Å². The predicted octanol–water partition coefficient (Wildman–Crippen LogP) is 3.02. The predicted molar refractivity (Wildman–Crippen MR) is 115 cm³/mol. The Morgan fingerprint density at radius 3 is 3.11 bits per heavy atom. The number of aromatic amines is 1. The molecule has 1 atom stereocenters. The number of aryl methyl sites for hydroxylation is 1. The molecular formula is C22H34N4O2. The molecule has 1 unspecified atom stereocenters. The lowest BCUT2D eigenvalue weighted by Crippen LogP contribution is -2.38. The van der Waals surface area contributed by atoms with Crippen molar-refractivity contribution in [1.82, 2.24) is 15.6 Å². The van der Waals surface area contributed by atoms with Gasteiger partial charge in [-0.15, -0.1) is 0 Å². The fourth-order valence-corrected chi connectivity index (χ4v) is 3.63. The maximum Gasteiger partial charge on any atom is 0.191 e. The van der Waals surface area contributed by atoms with Crippen LogP contribution in [0.3, 0.4) is 0 Å². The molecule has 0 bridgehead atoms. The second kappa shape index (κ2) is 11.1. The highest BCUT2D eigenvalue weighted by Gasteiger charge is 2.15. The van der Waals surface area contributed by atoms with Gasteiger partial charge < -0.3 is 25.1 Å². The van der Waals surface area contributed by atoms with Crippen molar-refractivity contribution < 1.29 is 9.47 Å². The molecule has 0 radical (unpaired) electrons. The Morgan fingerprint density at radius 1 is 1.36 bits per heavy atom. The largest absolute Gasteiger partial charge is 0.381 e. The van der Waals surface area contributed by atoms with Crippen LogP contribution in [0.4, 0.5) is 0 Å². The van der Waals surface area contributed by atoms with Crippen LogP contribution in [-0.4, -0.2) is 57.0 Å². The summed E-state index contributed by atoms with van der Waals surface area (Å²) < 4.78 is 11.1. The summed E-state index contributed by atoms with van der Waals surface area (Å²) in [6.07, 6.45) is 5.15. The number of rotatable bonds is 10. The normalized spacial score (nSPS) is 17.4. The molecule has 2 heterocycles. The molecule has 1 fully saturated rings. The maximum absolute atomic E-state index is 5.75. The molecule has 1 aliphatic heterocycles. The second-order valence-electron chi connectivity index (χ2n) is 7.41. The summed E-state index contributed by atoms with van der Waals surface area (Å²) >= 11 is 0. The van der Waals surface area contributed by atoms with Gasteiger partial charge in [0.05, 0.1) is 13.2 Å². The van der Waals surface area contributed by atoms with E-state index in [0.29, 0.717) is 5.92 Å². The van der Waals surface area contributed by atoms with Gasteiger partial charge in [-0.25, -0.2) is 0 Å². The minimum atomic E-state index is 0.579. The molecule has 3 N–H and O–H groups in total. The van der Waals surface area contributed by atoms with E-state index < -0.39 is 0 Å². The molecule has 6 heteroatoms. The van der Waals surface area contributed by atoms with E-state index in [1.807, 2.05) is 0 Å². The Bertz CT molecular complexity index is 750. The zero-order valence-electron chi connectivity index (χ0n) is 17.2. The number of aromatic nitrogens is 1. The van der Waals surface area contributed by atoms with Crippen molar-refractivity contribution in [3.63, 3.8) is 0 Å². The average Bonchev–Trinajstić information content (AvgIpc) is 3.35. The van der Waals surface area contributed by atoms with Crippen LogP contribution < -0.4 is 10.6 Å². The first kappa shape index (κ1) is 20.7. The molecule has 0 spiro atoms. The molecule has 1 aromatic heterocycles.